The zero-order valence-electron chi connectivity index (χ0n) is 12.0. The molecule has 0 radical (unpaired) electrons. The first-order chi connectivity index (χ1) is 8.95. The van der Waals surface area contributed by atoms with Gasteiger partial charge in [-0.1, -0.05) is 26.0 Å². The highest BCUT2D eigenvalue weighted by molar-refractivity contribution is 5.72. The van der Waals surface area contributed by atoms with Crippen LogP contribution < -0.4 is 4.74 Å². The summed E-state index contributed by atoms with van der Waals surface area (Å²) in [5.41, 5.74) is 2.16. The Morgan fingerprint density at radius 1 is 1.37 bits per heavy atom. The van der Waals surface area contributed by atoms with E-state index in [1.807, 2.05) is 25.1 Å². The highest BCUT2D eigenvalue weighted by Gasteiger charge is 2.19. The summed E-state index contributed by atoms with van der Waals surface area (Å²) in [6.07, 6.45) is -0.925. The molecule has 1 N–H and O–H groups in total. The zero-order chi connectivity index (χ0) is 14.4. The molecule has 106 valence electrons. The van der Waals surface area contributed by atoms with Gasteiger partial charge in [0, 0.05) is 6.61 Å². The van der Waals surface area contributed by atoms with Crippen LogP contribution in [0.5, 0.6) is 5.75 Å². The Balaban J connectivity index is 2.80. The topological polar surface area (TPSA) is 55.8 Å². The van der Waals surface area contributed by atoms with Crippen molar-refractivity contribution in [1.29, 1.82) is 0 Å². The van der Waals surface area contributed by atoms with Crippen molar-refractivity contribution in [2.75, 3.05) is 13.2 Å². The standard InChI is InChI=1S/C15H22O4/c1-5-18-14(15(16)17)9-19-13-8-11(4)6-7-12(13)10(2)3/h6-8,10,14H,5,9H2,1-4H3,(H,16,17). The minimum Gasteiger partial charge on any atom is -0.490 e. The van der Waals surface area contributed by atoms with Crippen LogP contribution in [0.4, 0.5) is 0 Å². The number of carboxylic acid groups (broad SMARTS) is 1. The molecule has 1 unspecified atom stereocenters. The van der Waals surface area contributed by atoms with Gasteiger partial charge in [-0.15, -0.1) is 0 Å². The highest BCUT2D eigenvalue weighted by atomic mass is 16.5. The van der Waals surface area contributed by atoms with E-state index in [1.54, 1.807) is 6.92 Å². The van der Waals surface area contributed by atoms with Crippen molar-refractivity contribution in [2.45, 2.75) is 39.7 Å². The van der Waals surface area contributed by atoms with Crippen LogP contribution in [0, 0.1) is 6.92 Å². The number of benzene rings is 1. The third kappa shape index (κ3) is 4.56. The Kier molecular flexibility index (Phi) is 5.83. The normalized spacial score (nSPS) is 12.5. The van der Waals surface area contributed by atoms with Crippen LogP contribution in [0.2, 0.25) is 0 Å². The van der Waals surface area contributed by atoms with Crippen molar-refractivity contribution in [3.8, 4) is 5.75 Å². The first-order valence-electron chi connectivity index (χ1n) is 6.53. The second kappa shape index (κ2) is 7.14. The lowest BCUT2D eigenvalue weighted by Gasteiger charge is -2.18. The van der Waals surface area contributed by atoms with E-state index in [4.69, 9.17) is 14.6 Å². The van der Waals surface area contributed by atoms with Gasteiger partial charge in [-0.25, -0.2) is 4.79 Å². The van der Waals surface area contributed by atoms with E-state index in [9.17, 15) is 4.79 Å². The Bertz CT molecular complexity index is 426. The Morgan fingerprint density at radius 2 is 2.05 bits per heavy atom. The SMILES string of the molecule is CCOC(COc1cc(C)ccc1C(C)C)C(=O)O. The van der Waals surface area contributed by atoms with Gasteiger partial charge in [-0.2, -0.15) is 0 Å². The van der Waals surface area contributed by atoms with Crippen molar-refractivity contribution in [2.24, 2.45) is 0 Å². The first-order valence-corrected chi connectivity index (χ1v) is 6.53. The quantitative estimate of drug-likeness (QED) is 0.824. The number of aliphatic carboxylic acids is 1. The Hall–Kier alpha value is -1.55. The molecule has 0 bridgehead atoms. The molecule has 19 heavy (non-hydrogen) atoms. The van der Waals surface area contributed by atoms with E-state index in [-0.39, 0.29) is 6.61 Å². The monoisotopic (exact) mass is 266 g/mol. The molecule has 0 saturated heterocycles. The smallest absolute Gasteiger partial charge is 0.336 e. The molecule has 0 saturated carbocycles. The van der Waals surface area contributed by atoms with Crippen LogP contribution in [0.3, 0.4) is 0 Å². The minimum atomic E-state index is -0.999. The third-order valence-electron chi connectivity index (χ3n) is 2.82. The second-order valence-corrected chi connectivity index (χ2v) is 4.79. The van der Waals surface area contributed by atoms with E-state index < -0.39 is 12.1 Å². The predicted molar refractivity (Wildman–Crippen MR) is 73.8 cm³/mol. The van der Waals surface area contributed by atoms with E-state index in [0.29, 0.717) is 12.5 Å². The minimum absolute atomic E-state index is 0.0202. The average Bonchev–Trinajstić information content (AvgIpc) is 2.33. The number of aryl methyl sites for hydroxylation is 1. The van der Waals surface area contributed by atoms with Crippen LogP contribution in [0.1, 0.15) is 37.8 Å². The van der Waals surface area contributed by atoms with Gasteiger partial charge in [0.05, 0.1) is 0 Å². The van der Waals surface area contributed by atoms with E-state index in [0.717, 1.165) is 16.9 Å². The number of carbonyl (C=O) groups is 1. The molecule has 0 aliphatic carbocycles. The molecule has 0 fully saturated rings. The molecule has 1 aromatic carbocycles. The predicted octanol–water partition coefficient (Wildman–Crippen LogP) is 2.99. The molecular weight excluding hydrogens is 244 g/mol. The Labute approximate surface area is 114 Å². The summed E-state index contributed by atoms with van der Waals surface area (Å²) in [6.45, 7) is 8.28. The molecule has 0 spiro atoms. The summed E-state index contributed by atoms with van der Waals surface area (Å²) < 4.78 is 10.8. The van der Waals surface area contributed by atoms with Crippen LogP contribution in [-0.4, -0.2) is 30.4 Å². The lowest BCUT2D eigenvalue weighted by atomic mass is 10.0. The molecule has 0 amide bonds. The second-order valence-electron chi connectivity index (χ2n) is 4.79. The molecule has 4 heteroatoms. The fraction of sp³-hybridized carbons (Fsp3) is 0.533. The lowest BCUT2D eigenvalue weighted by Crippen LogP contribution is -2.30. The number of ether oxygens (including phenoxy) is 2. The summed E-state index contributed by atoms with van der Waals surface area (Å²) >= 11 is 0. The number of hydrogen-bond acceptors (Lipinski definition) is 3. The van der Waals surface area contributed by atoms with Gasteiger partial charge in [0.2, 0.25) is 0 Å². The molecule has 1 atom stereocenters. The van der Waals surface area contributed by atoms with E-state index >= 15 is 0 Å². The molecule has 1 rings (SSSR count). The van der Waals surface area contributed by atoms with Crippen LogP contribution in [-0.2, 0) is 9.53 Å². The van der Waals surface area contributed by atoms with Crippen molar-refractivity contribution >= 4 is 5.97 Å². The van der Waals surface area contributed by atoms with Crippen molar-refractivity contribution in [3.63, 3.8) is 0 Å². The first kappa shape index (κ1) is 15.5. The molecule has 0 aromatic heterocycles. The van der Waals surface area contributed by atoms with Gasteiger partial charge in [-0.3, -0.25) is 0 Å². The largest absolute Gasteiger partial charge is 0.490 e. The van der Waals surface area contributed by atoms with Crippen molar-refractivity contribution in [3.05, 3.63) is 29.3 Å². The van der Waals surface area contributed by atoms with Gasteiger partial charge in [0.15, 0.2) is 6.10 Å². The maximum atomic E-state index is 11.0. The zero-order valence-corrected chi connectivity index (χ0v) is 12.0. The molecule has 0 heterocycles. The van der Waals surface area contributed by atoms with Gasteiger partial charge in [-0.05, 0) is 37.0 Å². The van der Waals surface area contributed by atoms with Gasteiger partial charge < -0.3 is 14.6 Å². The lowest BCUT2D eigenvalue weighted by molar-refractivity contribution is -0.152. The van der Waals surface area contributed by atoms with Crippen LogP contribution >= 0.6 is 0 Å². The summed E-state index contributed by atoms with van der Waals surface area (Å²) in [4.78, 5) is 11.0. The van der Waals surface area contributed by atoms with Crippen molar-refractivity contribution < 1.29 is 19.4 Å². The summed E-state index contributed by atoms with van der Waals surface area (Å²) in [6, 6.07) is 5.98. The number of rotatable bonds is 7. The van der Waals surface area contributed by atoms with E-state index in [2.05, 4.69) is 13.8 Å². The maximum absolute atomic E-state index is 11.0. The third-order valence-corrected chi connectivity index (χ3v) is 2.82. The van der Waals surface area contributed by atoms with Gasteiger partial charge >= 0.3 is 5.97 Å². The van der Waals surface area contributed by atoms with Crippen molar-refractivity contribution in [1.82, 2.24) is 0 Å². The molecule has 0 aliphatic heterocycles. The molecular formula is C15H22O4. The summed E-state index contributed by atoms with van der Waals surface area (Å²) in [5.74, 6) is 0.0625. The van der Waals surface area contributed by atoms with E-state index in [1.165, 1.54) is 0 Å². The summed E-state index contributed by atoms with van der Waals surface area (Å²) in [7, 11) is 0. The van der Waals surface area contributed by atoms with Crippen LogP contribution in [0.15, 0.2) is 18.2 Å². The molecule has 0 aliphatic rings. The summed E-state index contributed by atoms with van der Waals surface area (Å²) in [5, 5.41) is 9.01. The number of hydrogen-bond donors (Lipinski definition) is 1. The highest BCUT2D eigenvalue weighted by Crippen LogP contribution is 2.27. The fourth-order valence-electron chi connectivity index (χ4n) is 1.80. The number of carboxylic acids is 1. The molecule has 1 aromatic rings. The van der Waals surface area contributed by atoms with Gasteiger partial charge in [0.25, 0.3) is 0 Å². The Morgan fingerprint density at radius 3 is 2.58 bits per heavy atom. The maximum Gasteiger partial charge on any atom is 0.336 e. The average molecular weight is 266 g/mol. The van der Waals surface area contributed by atoms with Crippen LogP contribution in [0.25, 0.3) is 0 Å². The fourth-order valence-corrected chi connectivity index (χ4v) is 1.80. The molecule has 4 nitrogen and oxygen atoms in total. The van der Waals surface area contributed by atoms with Gasteiger partial charge in [0.1, 0.15) is 12.4 Å².